The topological polar surface area (TPSA) is 32.3 Å². The summed E-state index contributed by atoms with van der Waals surface area (Å²) in [5, 5.41) is 0. The third-order valence-electron chi connectivity index (χ3n) is 3.99. The van der Waals surface area contributed by atoms with Crippen molar-refractivity contribution < 1.29 is 0 Å². The van der Waals surface area contributed by atoms with Gasteiger partial charge in [0.05, 0.1) is 11.2 Å². The zero-order valence-electron chi connectivity index (χ0n) is 11.9. The van der Waals surface area contributed by atoms with Crippen molar-refractivity contribution in [3.05, 3.63) is 29.0 Å². The predicted molar refractivity (Wildman–Crippen MR) is 86.2 cm³/mol. The van der Waals surface area contributed by atoms with Crippen molar-refractivity contribution >= 4 is 32.7 Å². The van der Waals surface area contributed by atoms with Gasteiger partial charge in [-0.05, 0) is 55.0 Å². The molecule has 0 radical (unpaired) electrons. The Hall–Kier alpha value is -1.20. The molecule has 1 aliphatic heterocycles. The summed E-state index contributed by atoms with van der Waals surface area (Å²) in [5.41, 5.74) is 3.15. The molecule has 0 aliphatic carbocycles. The molecule has 1 aliphatic rings. The van der Waals surface area contributed by atoms with Crippen molar-refractivity contribution in [3.8, 4) is 0 Å². The molecule has 20 heavy (non-hydrogen) atoms. The molecule has 0 saturated carbocycles. The maximum Gasteiger partial charge on any atom is 0.112 e. The number of anilines is 1. The maximum atomic E-state index is 4.56. The van der Waals surface area contributed by atoms with Crippen LogP contribution in [0.5, 0.6) is 0 Å². The van der Waals surface area contributed by atoms with Gasteiger partial charge in [-0.3, -0.25) is 9.97 Å². The zero-order chi connectivity index (χ0) is 14.1. The molecule has 3 rings (SSSR count). The Morgan fingerprint density at radius 3 is 3.00 bits per heavy atom. The summed E-state index contributed by atoms with van der Waals surface area (Å²) in [6.45, 7) is 2.16. The number of halogens is 1. The van der Waals surface area contributed by atoms with Crippen molar-refractivity contribution in [2.75, 3.05) is 32.1 Å². The SMILES string of the molecule is CN(C)C1CCCN(c2ccnc3cc(Br)cnc23)C1. The molecule has 1 saturated heterocycles. The van der Waals surface area contributed by atoms with E-state index in [0.29, 0.717) is 6.04 Å². The molecule has 0 amide bonds. The van der Waals surface area contributed by atoms with Crippen LogP contribution in [-0.2, 0) is 0 Å². The molecular weight excluding hydrogens is 316 g/mol. The second kappa shape index (κ2) is 5.66. The van der Waals surface area contributed by atoms with Crippen LogP contribution in [0.2, 0.25) is 0 Å². The lowest BCUT2D eigenvalue weighted by atomic mass is 10.0. The number of rotatable bonds is 2. The number of fused-ring (bicyclic) bond motifs is 1. The molecule has 4 nitrogen and oxygen atoms in total. The van der Waals surface area contributed by atoms with Crippen molar-refractivity contribution in [1.29, 1.82) is 0 Å². The highest BCUT2D eigenvalue weighted by Crippen LogP contribution is 2.28. The van der Waals surface area contributed by atoms with Crippen LogP contribution in [0.25, 0.3) is 11.0 Å². The molecular formula is C15H19BrN4. The Morgan fingerprint density at radius 1 is 1.35 bits per heavy atom. The Balaban J connectivity index is 1.97. The molecule has 1 unspecified atom stereocenters. The average molecular weight is 335 g/mol. The monoisotopic (exact) mass is 334 g/mol. The van der Waals surface area contributed by atoms with Gasteiger partial charge in [0, 0.05) is 36.0 Å². The fraction of sp³-hybridized carbons (Fsp3) is 0.467. The van der Waals surface area contributed by atoms with E-state index < -0.39 is 0 Å². The summed E-state index contributed by atoms with van der Waals surface area (Å²) < 4.78 is 0.972. The molecule has 106 valence electrons. The van der Waals surface area contributed by atoms with Crippen LogP contribution < -0.4 is 4.90 Å². The summed E-state index contributed by atoms with van der Waals surface area (Å²) >= 11 is 3.46. The first-order valence-electron chi connectivity index (χ1n) is 6.97. The highest BCUT2D eigenvalue weighted by Gasteiger charge is 2.23. The van der Waals surface area contributed by atoms with E-state index in [9.17, 15) is 0 Å². The highest BCUT2D eigenvalue weighted by molar-refractivity contribution is 9.10. The van der Waals surface area contributed by atoms with Gasteiger partial charge in [0.2, 0.25) is 0 Å². The van der Waals surface area contributed by atoms with Gasteiger partial charge in [0.15, 0.2) is 0 Å². The van der Waals surface area contributed by atoms with E-state index in [2.05, 4.69) is 55.9 Å². The molecule has 5 heteroatoms. The van der Waals surface area contributed by atoms with E-state index in [4.69, 9.17) is 0 Å². The quantitative estimate of drug-likeness (QED) is 0.845. The van der Waals surface area contributed by atoms with Crippen LogP contribution in [0.4, 0.5) is 5.69 Å². The van der Waals surface area contributed by atoms with E-state index in [0.717, 1.165) is 28.6 Å². The van der Waals surface area contributed by atoms with Crippen molar-refractivity contribution in [3.63, 3.8) is 0 Å². The van der Waals surface area contributed by atoms with Gasteiger partial charge in [-0.2, -0.15) is 0 Å². The van der Waals surface area contributed by atoms with Crippen LogP contribution in [0, 0.1) is 0 Å². The fourth-order valence-electron chi connectivity index (χ4n) is 2.84. The lowest BCUT2D eigenvalue weighted by molar-refractivity contribution is 0.258. The van der Waals surface area contributed by atoms with E-state index in [1.165, 1.54) is 18.5 Å². The largest absolute Gasteiger partial charge is 0.368 e. The summed E-state index contributed by atoms with van der Waals surface area (Å²) in [5.74, 6) is 0. The van der Waals surface area contributed by atoms with Gasteiger partial charge in [0.25, 0.3) is 0 Å². The van der Waals surface area contributed by atoms with Gasteiger partial charge in [-0.15, -0.1) is 0 Å². The summed E-state index contributed by atoms with van der Waals surface area (Å²) in [4.78, 5) is 13.7. The first-order valence-corrected chi connectivity index (χ1v) is 7.76. The van der Waals surface area contributed by atoms with Gasteiger partial charge >= 0.3 is 0 Å². The molecule has 0 N–H and O–H groups in total. The number of aromatic nitrogens is 2. The van der Waals surface area contributed by atoms with Crippen LogP contribution >= 0.6 is 15.9 Å². The average Bonchev–Trinajstić information content (AvgIpc) is 2.46. The minimum Gasteiger partial charge on any atom is -0.368 e. The first-order chi connectivity index (χ1) is 9.65. The standard InChI is InChI=1S/C15H19BrN4/c1-19(2)12-4-3-7-20(10-12)14-5-6-17-13-8-11(16)9-18-15(13)14/h5-6,8-9,12H,3-4,7,10H2,1-2H3. The summed E-state index contributed by atoms with van der Waals surface area (Å²) in [6.07, 6.45) is 6.22. The number of hydrogen-bond acceptors (Lipinski definition) is 4. The van der Waals surface area contributed by atoms with E-state index in [-0.39, 0.29) is 0 Å². The lowest BCUT2D eigenvalue weighted by Gasteiger charge is -2.37. The molecule has 0 aromatic carbocycles. The Labute approximate surface area is 127 Å². The molecule has 1 atom stereocenters. The first kappa shape index (κ1) is 13.8. The highest BCUT2D eigenvalue weighted by atomic mass is 79.9. The minimum atomic E-state index is 0.613. The number of piperidine rings is 1. The predicted octanol–water partition coefficient (Wildman–Crippen LogP) is 2.92. The van der Waals surface area contributed by atoms with Gasteiger partial charge in [-0.1, -0.05) is 0 Å². The molecule has 2 aromatic heterocycles. The van der Waals surface area contributed by atoms with Gasteiger partial charge in [0.1, 0.15) is 5.52 Å². The Bertz CT molecular complexity index is 614. The molecule has 1 fully saturated rings. The second-order valence-electron chi connectivity index (χ2n) is 5.56. The smallest absolute Gasteiger partial charge is 0.112 e. The molecule has 3 heterocycles. The summed E-state index contributed by atoms with van der Waals surface area (Å²) in [6, 6.07) is 4.72. The van der Waals surface area contributed by atoms with E-state index in [1.54, 1.807) is 0 Å². The van der Waals surface area contributed by atoms with E-state index >= 15 is 0 Å². The molecule has 0 spiro atoms. The maximum absolute atomic E-state index is 4.56. The van der Waals surface area contributed by atoms with Crippen LogP contribution in [-0.4, -0.2) is 48.1 Å². The number of nitrogens with zero attached hydrogens (tertiary/aromatic N) is 4. The zero-order valence-corrected chi connectivity index (χ0v) is 13.5. The fourth-order valence-corrected chi connectivity index (χ4v) is 3.16. The Morgan fingerprint density at radius 2 is 2.20 bits per heavy atom. The summed E-state index contributed by atoms with van der Waals surface area (Å²) in [7, 11) is 4.32. The normalized spacial score (nSPS) is 19.8. The van der Waals surface area contributed by atoms with E-state index in [1.807, 2.05) is 18.5 Å². The Kier molecular flexibility index (Phi) is 3.89. The second-order valence-corrected chi connectivity index (χ2v) is 6.47. The van der Waals surface area contributed by atoms with Crippen LogP contribution in [0.1, 0.15) is 12.8 Å². The van der Waals surface area contributed by atoms with Crippen molar-refractivity contribution in [1.82, 2.24) is 14.9 Å². The number of hydrogen-bond donors (Lipinski definition) is 0. The van der Waals surface area contributed by atoms with Crippen molar-refractivity contribution in [2.24, 2.45) is 0 Å². The number of pyridine rings is 2. The lowest BCUT2D eigenvalue weighted by Crippen LogP contribution is -2.45. The van der Waals surface area contributed by atoms with Gasteiger partial charge < -0.3 is 9.80 Å². The van der Waals surface area contributed by atoms with Crippen molar-refractivity contribution in [2.45, 2.75) is 18.9 Å². The van der Waals surface area contributed by atoms with Crippen LogP contribution in [0.15, 0.2) is 29.0 Å². The minimum absolute atomic E-state index is 0.613. The van der Waals surface area contributed by atoms with Gasteiger partial charge in [-0.25, -0.2) is 0 Å². The molecule has 0 bridgehead atoms. The third-order valence-corrected chi connectivity index (χ3v) is 4.42. The third kappa shape index (κ3) is 2.65. The van der Waals surface area contributed by atoms with Crippen LogP contribution in [0.3, 0.4) is 0 Å². The number of likely N-dealkylation sites (N-methyl/N-ethyl adjacent to an activating group) is 1. The molecule has 2 aromatic rings.